The Bertz CT molecular complexity index is 902. The SMILES string of the molecule is CCCCCC(=O)Oc1ccc(C[C@H](N)C(=O)O[C@@H](C)[C@H](C)OC(=O)OCC)cc1OC(=O)CCCCC. The molecule has 1 rings (SSSR count). The quantitative estimate of drug-likeness (QED) is 0.164. The molecule has 0 aliphatic heterocycles. The van der Waals surface area contributed by atoms with Gasteiger partial charge in [0, 0.05) is 12.8 Å². The molecule has 10 nitrogen and oxygen atoms in total. The number of carbonyl (C=O) groups is 4. The second kappa shape index (κ2) is 18.2. The molecule has 0 spiro atoms. The minimum Gasteiger partial charge on any atom is -0.458 e. The lowest BCUT2D eigenvalue weighted by Crippen LogP contribution is -2.39. The first kappa shape index (κ1) is 32.9. The Labute approximate surface area is 225 Å². The number of esters is 3. The third kappa shape index (κ3) is 12.9. The van der Waals surface area contributed by atoms with E-state index in [0.717, 1.165) is 25.7 Å². The molecule has 1 aromatic carbocycles. The lowest BCUT2D eigenvalue weighted by atomic mass is 10.1. The molecule has 0 saturated heterocycles. The van der Waals surface area contributed by atoms with E-state index in [4.69, 9.17) is 29.4 Å². The number of benzene rings is 1. The van der Waals surface area contributed by atoms with Crippen LogP contribution in [0.2, 0.25) is 0 Å². The Morgan fingerprint density at radius 1 is 0.789 bits per heavy atom. The molecule has 0 aromatic heterocycles. The van der Waals surface area contributed by atoms with Crippen LogP contribution in [0.15, 0.2) is 18.2 Å². The van der Waals surface area contributed by atoms with E-state index in [2.05, 4.69) is 0 Å². The van der Waals surface area contributed by atoms with Crippen molar-refractivity contribution in [3.63, 3.8) is 0 Å². The maximum absolute atomic E-state index is 12.5. The molecular weight excluding hydrogens is 494 g/mol. The fraction of sp³-hybridized carbons (Fsp3) is 0.643. The monoisotopic (exact) mass is 537 g/mol. The van der Waals surface area contributed by atoms with E-state index in [0.29, 0.717) is 18.4 Å². The number of unbranched alkanes of at least 4 members (excludes halogenated alkanes) is 4. The highest BCUT2D eigenvalue weighted by Crippen LogP contribution is 2.30. The second-order valence-corrected chi connectivity index (χ2v) is 9.10. The molecule has 0 heterocycles. The van der Waals surface area contributed by atoms with Crippen LogP contribution in [-0.4, -0.2) is 48.9 Å². The van der Waals surface area contributed by atoms with Crippen molar-refractivity contribution >= 4 is 24.1 Å². The molecule has 0 aliphatic rings. The Balaban J connectivity index is 2.89. The highest BCUT2D eigenvalue weighted by atomic mass is 16.7. The molecule has 0 bridgehead atoms. The smallest absolute Gasteiger partial charge is 0.458 e. The molecular formula is C28H43NO9. The van der Waals surface area contributed by atoms with Gasteiger partial charge in [-0.2, -0.15) is 0 Å². The summed E-state index contributed by atoms with van der Waals surface area (Å²) in [7, 11) is 0. The molecule has 214 valence electrons. The topological polar surface area (TPSA) is 140 Å². The van der Waals surface area contributed by atoms with E-state index in [1.807, 2.05) is 13.8 Å². The van der Waals surface area contributed by atoms with Crippen molar-refractivity contribution in [2.45, 2.75) is 111 Å². The number of rotatable bonds is 17. The van der Waals surface area contributed by atoms with Gasteiger partial charge in [-0.15, -0.1) is 0 Å². The van der Waals surface area contributed by atoms with Crippen molar-refractivity contribution < 1.29 is 42.9 Å². The van der Waals surface area contributed by atoms with Gasteiger partial charge < -0.3 is 29.4 Å². The van der Waals surface area contributed by atoms with Gasteiger partial charge in [-0.05, 0) is 57.7 Å². The summed E-state index contributed by atoms with van der Waals surface area (Å²) in [5.74, 6) is -1.32. The summed E-state index contributed by atoms with van der Waals surface area (Å²) in [6.07, 6.45) is 3.35. The van der Waals surface area contributed by atoms with Crippen LogP contribution in [0.3, 0.4) is 0 Å². The summed E-state index contributed by atoms with van der Waals surface area (Å²) in [5, 5.41) is 0. The fourth-order valence-electron chi connectivity index (χ4n) is 3.33. The van der Waals surface area contributed by atoms with E-state index in [-0.39, 0.29) is 37.4 Å². The summed E-state index contributed by atoms with van der Waals surface area (Å²) in [4.78, 5) is 48.7. The highest BCUT2D eigenvalue weighted by molar-refractivity contribution is 5.77. The van der Waals surface area contributed by atoms with E-state index in [1.54, 1.807) is 26.8 Å². The molecule has 2 N–H and O–H groups in total. The van der Waals surface area contributed by atoms with E-state index < -0.39 is 42.3 Å². The van der Waals surface area contributed by atoms with Crippen molar-refractivity contribution in [1.29, 1.82) is 0 Å². The third-order valence-electron chi connectivity index (χ3n) is 5.69. The molecule has 0 amide bonds. The molecule has 0 saturated carbocycles. The van der Waals surface area contributed by atoms with Crippen molar-refractivity contribution in [2.24, 2.45) is 5.73 Å². The first-order valence-corrected chi connectivity index (χ1v) is 13.4. The average Bonchev–Trinajstić information content (AvgIpc) is 2.85. The molecule has 0 unspecified atom stereocenters. The van der Waals surface area contributed by atoms with Crippen LogP contribution >= 0.6 is 0 Å². The number of hydrogen-bond donors (Lipinski definition) is 1. The van der Waals surface area contributed by atoms with Gasteiger partial charge in [0.25, 0.3) is 0 Å². The van der Waals surface area contributed by atoms with Crippen LogP contribution in [0.5, 0.6) is 11.5 Å². The summed E-state index contributed by atoms with van der Waals surface area (Å²) >= 11 is 0. The van der Waals surface area contributed by atoms with Gasteiger partial charge in [-0.25, -0.2) is 4.79 Å². The molecule has 10 heteroatoms. The predicted octanol–water partition coefficient (Wildman–Crippen LogP) is 5.02. The maximum atomic E-state index is 12.5. The first-order chi connectivity index (χ1) is 18.1. The largest absolute Gasteiger partial charge is 0.508 e. The minimum absolute atomic E-state index is 0.0732. The molecule has 0 radical (unpaired) electrons. The molecule has 0 fully saturated rings. The van der Waals surface area contributed by atoms with Gasteiger partial charge in [0.05, 0.1) is 6.61 Å². The standard InChI is InChI=1S/C28H43NO9/c1-6-9-11-13-25(30)37-23-16-15-21(18-24(23)38-26(31)14-12-10-7-2)17-22(29)27(32)35-19(4)20(5)36-28(33)34-8-3/h15-16,18-20,22H,6-14,17,29H2,1-5H3/t19-,20-,22-/m0/s1. The second-order valence-electron chi connectivity index (χ2n) is 9.10. The van der Waals surface area contributed by atoms with Gasteiger partial charge in [0.1, 0.15) is 18.2 Å². The molecule has 3 atom stereocenters. The van der Waals surface area contributed by atoms with Gasteiger partial charge in [-0.1, -0.05) is 45.6 Å². The lowest BCUT2D eigenvalue weighted by Gasteiger charge is -2.22. The third-order valence-corrected chi connectivity index (χ3v) is 5.69. The number of hydrogen-bond acceptors (Lipinski definition) is 10. The maximum Gasteiger partial charge on any atom is 0.508 e. The number of nitrogens with two attached hydrogens (primary N) is 1. The van der Waals surface area contributed by atoms with Crippen molar-refractivity contribution in [1.82, 2.24) is 0 Å². The minimum atomic E-state index is -1.04. The van der Waals surface area contributed by atoms with Crippen LogP contribution in [0.1, 0.15) is 91.5 Å². The van der Waals surface area contributed by atoms with Crippen LogP contribution < -0.4 is 15.2 Å². The van der Waals surface area contributed by atoms with Crippen LogP contribution in [0.25, 0.3) is 0 Å². The average molecular weight is 538 g/mol. The van der Waals surface area contributed by atoms with Gasteiger partial charge in [-0.3, -0.25) is 14.4 Å². The van der Waals surface area contributed by atoms with Crippen molar-refractivity contribution in [3.8, 4) is 11.5 Å². The van der Waals surface area contributed by atoms with Gasteiger partial charge in [0.2, 0.25) is 0 Å². The molecule has 1 aromatic rings. The Hall–Kier alpha value is -3.14. The zero-order chi connectivity index (χ0) is 28.5. The number of ether oxygens (including phenoxy) is 5. The summed E-state index contributed by atoms with van der Waals surface area (Å²) in [6, 6.07) is 3.67. The zero-order valence-corrected chi connectivity index (χ0v) is 23.3. The Kier molecular flexibility index (Phi) is 15.7. The summed E-state index contributed by atoms with van der Waals surface area (Å²) in [6.45, 7) is 9.04. The highest BCUT2D eigenvalue weighted by Gasteiger charge is 2.25. The van der Waals surface area contributed by atoms with Gasteiger partial charge >= 0.3 is 24.1 Å². The fourth-order valence-corrected chi connectivity index (χ4v) is 3.33. The lowest BCUT2D eigenvalue weighted by molar-refractivity contribution is -0.155. The van der Waals surface area contributed by atoms with Crippen LogP contribution in [-0.2, 0) is 35.0 Å². The van der Waals surface area contributed by atoms with Crippen LogP contribution in [0, 0.1) is 0 Å². The van der Waals surface area contributed by atoms with E-state index in [9.17, 15) is 19.2 Å². The zero-order valence-electron chi connectivity index (χ0n) is 23.3. The van der Waals surface area contributed by atoms with Gasteiger partial charge in [0.15, 0.2) is 11.5 Å². The van der Waals surface area contributed by atoms with Crippen LogP contribution in [0.4, 0.5) is 4.79 Å². The molecule has 0 aliphatic carbocycles. The Morgan fingerprint density at radius 2 is 1.34 bits per heavy atom. The summed E-state index contributed by atoms with van der Waals surface area (Å²) < 4.78 is 26.1. The van der Waals surface area contributed by atoms with Crippen molar-refractivity contribution in [3.05, 3.63) is 23.8 Å². The number of carbonyl (C=O) groups excluding carboxylic acids is 4. The normalized spacial score (nSPS) is 13.1. The van der Waals surface area contributed by atoms with Crippen molar-refractivity contribution in [2.75, 3.05) is 6.61 Å². The Morgan fingerprint density at radius 3 is 1.89 bits per heavy atom. The summed E-state index contributed by atoms with van der Waals surface area (Å²) in [5.41, 5.74) is 6.65. The molecule has 38 heavy (non-hydrogen) atoms. The predicted molar refractivity (Wildman–Crippen MR) is 141 cm³/mol. The van der Waals surface area contributed by atoms with E-state index in [1.165, 1.54) is 12.1 Å². The van der Waals surface area contributed by atoms with E-state index >= 15 is 0 Å². The first-order valence-electron chi connectivity index (χ1n) is 13.4.